The summed E-state index contributed by atoms with van der Waals surface area (Å²) < 4.78 is 20.7. The first kappa shape index (κ1) is 26.5. The van der Waals surface area contributed by atoms with Crippen LogP contribution in [0.2, 0.25) is 0 Å². The van der Waals surface area contributed by atoms with Crippen molar-refractivity contribution in [2.24, 2.45) is 0 Å². The molecule has 0 saturated carbocycles. The molecule has 2 amide bonds. The minimum atomic E-state index is -3.39. The van der Waals surface area contributed by atoms with Crippen LogP contribution in [0.15, 0.2) is 24.3 Å². The summed E-state index contributed by atoms with van der Waals surface area (Å²) in [6, 6.07) is 7.48. The fraction of sp³-hybridized carbons (Fsp3) is 0.600. The summed E-state index contributed by atoms with van der Waals surface area (Å²) in [5.74, 6) is -0.202. The molecule has 0 aliphatic heterocycles. The zero-order valence-electron chi connectivity index (χ0n) is 17.9. The average molecular weight is 461 g/mol. The van der Waals surface area contributed by atoms with Crippen LogP contribution in [-0.2, 0) is 13.8 Å². The molecule has 0 radical (unpaired) electrons. The van der Waals surface area contributed by atoms with Crippen LogP contribution in [0.3, 0.4) is 0 Å². The first-order valence-electron chi connectivity index (χ1n) is 9.99. The van der Waals surface area contributed by atoms with Crippen LogP contribution in [0.5, 0.6) is 0 Å². The molecule has 0 aliphatic rings. The Kier molecular flexibility index (Phi) is 12.8. The minimum absolute atomic E-state index is 0.0920. The summed E-state index contributed by atoms with van der Waals surface area (Å²) in [4.78, 5) is 32.7. The molecule has 2 atom stereocenters. The molecule has 0 saturated heterocycles. The summed E-state index contributed by atoms with van der Waals surface area (Å²) in [5.41, 5.74) is 1.74. The summed E-state index contributed by atoms with van der Waals surface area (Å²) in [6.07, 6.45) is 4.72. The van der Waals surface area contributed by atoms with Gasteiger partial charge in [-0.3, -0.25) is 9.36 Å². The third-order valence-corrected chi connectivity index (χ3v) is 5.93. The average Bonchev–Trinajstić information content (AvgIpc) is 2.71. The van der Waals surface area contributed by atoms with E-state index in [2.05, 4.69) is 17.6 Å². The van der Waals surface area contributed by atoms with Gasteiger partial charge >= 0.3 is 13.7 Å². The largest absolute Gasteiger partial charge is 0.448 e. The number of carbonyl (C=O) groups is 2. The van der Waals surface area contributed by atoms with Crippen LogP contribution in [0.4, 0.5) is 4.79 Å². The number of rotatable bonds is 14. The molecule has 0 fully saturated rings. The second kappa shape index (κ2) is 14.5. The highest BCUT2D eigenvalue weighted by atomic mass is 32.2. The van der Waals surface area contributed by atoms with Crippen molar-refractivity contribution in [3.63, 3.8) is 0 Å². The van der Waals surface area contributed by atoms with E-state index in [1.165, 1.54) is 12.2 Å². The van der Waals surface area contributed by atoms with Gasteiger partial charge in [0.15, 0.2) is 0 Å². The molecule has 10 heteroatoms. The number of hydrogen-bond donors (Lipinski definition) is 3. The molecule has 1 rings (SSSR count). The molecule has 0 bridgehead atoms. The van der Waals surface area contributed by atoms with Gasteiger partial charge in [0.2, 0.25) is 0 Å². The highest BCUT2D eigenvalue weighted by Gasteiger charge is 2.09. The first-order chi connectivity index (χ1) is 14.2. The van der Waals surface area contributed by atoms with E-state index < -0.39 is 13.7 Å². The van der Waals surface area contributed by atoms with Crippen molar-refractivity contribution < 1.29 is 28.3 Å². The van der Waals surface area contributed by atoms with E-state index in [0.717, 1.165) is 19.3 Å². The normalized spacial score (nSPS) is 13.9. The van der Waals surface area contributed by atoms with Crippen molar-refractivity contribution in [1.82, 2.24) is 10.6 Å². The zero-order valence-corrected chi connectivity index (χ0v) is 19.6. The second-order valence-electron chi connectivity index (χ2n) is 6.87. The molecule has 1 aromatic carbocycles. The third-order valence-electron chi connectivity index (χ3n) is 4.29. The standard InChI is InChI=1S/C20H33N2O6PS/c1-16(30-3)17-8-10-18(11-9-17)19(23)21-13-15-27-20(24)22-12-6-4-5-7-14-28-29(2,25)26/h8-11,16H,4-7,12-15H2,1-3H3,(H,21,23)(H,22,24)(H,25,26). The van der Waals surface area contributed by atoms with Crippen LogP contribution in [0, 0.1) is 0 Å². The number of nitrogens with one attached hydrogen (secondary N) is 2. The molecular formula is C20H33N2O6PS. The lowest BCUT2D eigenvalue weighted by molar-refractivity contribution is 0.0934. The number of unbranched alkanes of at least 4 members (excludes halogenated alkanes) is 3. The van der Waals surface area contributed by atoms with Crippen LogP contribution < -0.4 is 10.6 Å². The Bertz CT molecular complexity index is 695. The number of carbonyl (C=O) groups excluding carboxylic acids is 2. The zero-order chi connectivity index (χ0) is 22.4. The van der Waals surface area contributed by atoms with Crippen molar-refractivity contribution in [2.75, 3.05) is 39.2 Å². The van der Waals surface area contributed by atoms with E-state index in [-0.39, 0.29) is 25.7 Å². The van der Waals surface area contributed by atoms with Gasteiger partial charge in [-0.1, -0.05) is 25.0 Å². The molecule has 1 aromatic rings. The van der Waals surface area contributed by atoms with Crippen molar-refractivity contribution in [3.8, 4) is 0 Å². The van der Waals surface area contributed by atoms with Crippen molar-refractivity contribution in [2.45, 2.75) is 37.9 Å². The fourth-order valence-corrected chi connectivity index (χ4v) is 3.41. The molecular weight excluding hydrogens is 427 g/mol. The quantitative estimate of drug-likeness (QED) is 0.284. The number of amides is 2. The van der Waals surface area contributed by atoms with Crippen LogP contribution in [-0.4, -0.2) is 56.1 Å². The van der Waals surface area contributed by atoms with E-state index in [9.17, 15) is 14.2 Å². The number of thioether (sulfide) groups is 1. The minimum Gasteiger partial charge on any atom is -0.448 e. The van der Waals surface area contributed by atoms with Crippen molar-refractivity contribution in [3.05, 3.63) is 35.4 Å². The topological polar surface area (TPSA) is 114 Å². The molecule has 30 heavy (non-hydrogen) atoms. The number of ether oxygens (including phenoxy) is 1. The molecule has 0 heterocycles. The highest BCUT2D eigenvalue weighted by molar-refractivity contribution is 7.98. The number of alkyl carbamates (subject to hydrolysis) is 1. The fourth-order valence-electron chi connectivity index (χ4n) is 2.51. The van der Waals surface area contributed by atoms with E-state index in [4.69, 9.17) is 14.2 Å². The van der Waals surface area contributed by atoms with E-state index in [1.54, 1.807) is 23.9 Å². The molecule has 170 valence electrons. The smallest absolute Gasteiger partial charge is 0.407 e. The lowest BCUT2D eigenvalue weighted by Crippen LogP contribution is -2.31. The lowest BCUT2D eigenvalue weighted by Gasteiger charge is -2.10. The maximum Gasteiger partial charge on any atom is 0.407 e. The van der Waals surface area contributed by atoms with Gasteiger partial charge in [-0.05, 0) is 43.7 Å². The molecule has 0 aliphatic carbocycles. The predicted octanol–water partition coefficient (Wildman–Crippen LogP) is 3.96. The van der Waals surface area contributed by atoms with Gasteiger partial charge in [-0.2, -0.15) is 11.8 Å². The number of hydrogen-bond acceptors (Lipinski definition) is 6. The van der Waals surface area contributed by atoms with Gasteiger partial charge < -0.3 is 24.8 Å². The summed E-state index contributed by atoms with van der Waals surface area (Å²) in [6.45, 7) is 4.35. The van der Waals surface area contributed by atoms with Gasteiger partial charge in [0.05, 0.1) is 13.2 Å². The molecule has 0 spiro atoms. The summed E-state index contributed by atoms with van der Waals surface area (Å²) in [5, 5.41) is 5.75. The highest BCUT2D eigenvalue weighted by Crippen LogP contribution is 2.36. The van der Waals surface area contributed by atoms with Gasteiger partial charge in [-0.25, -0.2) is 4.79 Å². The maximum absolute atomic E-state index is 12.1. The summed E-state index contributed by atoms with van der Waals surface area (Å²) in [7, 11) is -3.39. The van der Waals surface area contributed by atoms with Gasteiger partial charge in [0.1, 0.15) is 6.61 Å². The number of benzene rings is 1. The third kappa shape index (κ3) is 12.2. The Hall–Kier alpha value is -1.54. The Morgan fingerprint density at radius 2 is 1.73 bits per heavy atom. The van der Waals surface area contributed by atoms with Crippen LogP contribution in [0.25, 0.3) is 0 Å². The molecule has 8 nitrogen and oxygen atoms in total. The van der Waals surface area contributed by atoms with Crippen LogP contribution >= 0.6 is 19.4 Å². The lowest BCUT2D eigenvalue weighted by atomic mass is 10.1. The Morgan fingerprint density at radius 3 is 2.37 bits per heavy atom. The van der Waals surface area contributed by atoms with Crippen molar-refractivity contribution >= 4 is 31.4 Å². The van der Waals surface area contributed by atoms with E-state index >= 15 is 0 Å². The summed E-state index contributed by atoms with van der Waals surface area (Å²) >= 11 is 1.75. The Morgan fingerprint density at radius 1 is 1.07 bits per heavy atom. The Labute approximate surface area is 183 Å². The van der Waals surface area contributed by atoms with E-state index in [0.29, 0.717) is 23.8 Å². The predicted molar refractivity (Wildman–Crippen MR) is 120 cm³/mol. The second-order valence-corrected chi connectivity index (χ2v) is 9.91. The van der Waals surface area contributed by atoms with Crippen LogP contribution in [0.1, 0.15) is 53.8 Å². The molecule has 2 unspecified atom stereocenters. The van der Waals surface area contributed by atoms with Gasteiger partial charge in [0.25, 0.3) is 5.91 Å². The SMILES string of the molecule is CSC(C)c1ccc(C(=O)NCCOC(=O)NCCCCCCOP(C)(=O)O)cc1. The molecule has 0 aromatic heterocycles. The maximum atomic E-state index is 12.1. The van der Waals surface area contributed by atoms with Crippen molar-refractivity contribution in [1.29, 1.82) is 0 Å². The Balaban J connectivity index is 2.06. The van der Waals surface area contributed by atoms with Gasteiger partial charge in [-0.15, -0.1) is 0 Å². The monoisotopic (exact) mass is 460 g/mol. The van der Waals surface area contributed by atoms with Gasteiger partial charge in [0, 0.05) is 24.0 Å². The first-order valence-corrected chi connectivity index (χ1v) is 13.3. The van der Waals surface area contributed by atoms with E-state index in [1.807, 2.05) is 18.4 Å². The molecule has 3 N–H and O–H groups in total.